The third kappa shape index (κ3) is 2.02. The molecule has 92 valence electrons. The smallest absolute Gasteiger partial charge is 0.189 e. The van der Waals surface area contributed by atoms with Crippen LogP contribution >= 0.6 is 0 Å². The van der Waals surface area contributed by atoms with Gasteiger partial charge in [0.15, 0.2) is 12.0 Å². The minimum atomic E-state index is -1.66. The second-order valence-electron chi connectivity index (χ2n) is 4.36. The molecule has 1 aromatic heterocycles. The second-order valence-corrected chi connectivity index (χ2v) is 4.36. The number of halogens is 1. The van der Waals surface area contributed by atoms with Gasteiger partial charge < -0.3 is 10.5 Å². The maximum atomic E-state index is 14.0. The topological polar surface area (TPSA) is 65.2 Å². The van der Waals surface area contributed by atoms with Gasteiger partial charge in [0.05, 0.1) is 18.0 Å². The van der Waals surface area contributed by atoms with Crippen LogP contribution in [-0.4, -0.2) is 23.0 Å². The van der Waals surface area contributed by atoms with Crippen LogP contribution in [0, 0.1) is 5.92 Å². The van der Waals surface area contributed by atoms with E-state index in [1.807, 2.05) is 0 Å². The van der Waals surface area contributed by atoms with Gasteiger partial charge in [0, 0.05) is 17.7 Å². The zero-order chi connectivity index (χ0) is 12.6. The molecule has 1 aromatic rings. The number of carbonyl (C=O) groups is 1. The van der Waals surface area contributed by atoms with E-state index < -0.39 is 24.0 Å². The number of ether oxygens (including phenoxy) is 1. The summed E-state index contributed by atoms with van der Waals surface area (Å²) in [5.74, 6) is -0.853. The van der Waals surface area contributed by atoms with Crippen LogP contribution in [0.3, 0.4) is 0 Å². The average Bonchev–Trinajstić information content (AvgIpc) is 2.32. The lowest BCUT2D eigenvalue weighted by Crippen LogP contribution is -2.43. The van der Waals surface area contributed by atoms with E-state index in [0.29, 0.717) is 11.3 Å². The van der Waals surface area contributed by atoms with Gasteiger partial charge >= 0.3 is 0 Å². The molecule has 0 aromatic carbocycles. The van der Waals surface area contributed by atoms with Gasteiger partial charge in [-0.05, 0) is 13.0 Å². The molecule has 2 heterocycles. The van der Waals surface area contributed by atoms with E-state index in [1.54, 1.807) is 19.9 Å². The Labute approximate surface area is 99.0 Å². The van der Waals surface area contributed by atoms with E-state index in [0.717, 1.165) is 0 Å². The molecular formula is C12H15FN2O2. The number of aromatic nitrogens is 1. The molecular weight excluding hydrogens is 223 g/mol. The molecule has 0 radical (unpaired) electrons. The van der Waals surface area contributed by atoms with Crippen LogP contribution in [0.5, 0.6) is 0 Å². The summed E-state index contributed by atoms with van der Waals surface area (Å²) in [5, 5.41) is 0. The summed E-state index contributed by atoms with van der Waals surface area (Å²) < 4.78 is 19.5. The number of Topliss-reactive ketones (excluding diaryl/α,β-unsaturated/α-hetero) is 1. The zero-order valence-electron chi connectivity index (χ0n) is 9.76. The third-order valence-corrected chi connectivity index (χ3v) is 3.25. The van der Waals surface area contributed by atoms with Gasteiger partial charge in [-0.2, -0.15) is 0 Å². The Kier molecular flexibility index (Phi) is 3.11. The molecule has 1 saturated heterocycles. The number of hydrogen-bond donors (Lipinski definition) is 1. The quantitative estimate of drug-likeness (QED) is 0.808. The van der Waals surface area contributed by atoms with Crippen molar-refractivity contribution < 1.29 is 13.9 Å². The molecule has 1 aliphatic heterocycles. The molecule has 1 aliphatic rings. The Morgan fingerprint density at radius 2 is 2.18 bits per heavy atom. The molecule has 5 heteroatoms. The second kappa shape index (κ2) is 4.41. The fourth-order valence-electron chi connectivity index (χ4n) is 1.96. The van der Waals surface area contributed by atoms with Crippen molar-refractivity contribution in [1.82, 2.24) is 4.98 Å². The highest BCUT2D eigenvalue weighted by Crippen LogP contribution is 2.36. The maximum Gasteiger partial charge on any atom is 0.189 e. The number of ketones is 1. The van der Waals surface area contributed by atoms with E-state index in [4.69, 9.17) is 10.5 Å². The zero-order valence-corrected chi connectivity index (χ0v) is 9.76. The summed E-state index contributed by atoms with van der Waals surface area (Å²) in [6.45, 7) is 3.44. The van der Waals surface area contributed by atoms with E-state index in [2.05, 4.69) is 4.98 Å². The standard InChI is InChI=1S/C12H15FN2O2/c1-6-7(2)17-12(10(13)11(6)16)8-3-4-15-5-9(8)14/h3-7,10,12H,14H2,1-2H3/t6-,7+,10+,12-/m0/s1. The van der Waals surface area contributed by atoms with Crippen molar-refractivity contribution in [1.29, 1.82) is 0 Å². The van der Waals surface area contributed by atoms with Crippen LogP contribution in [0.2, 0.25) is 0 Å². The fraction of sp³-hybridized carbons (Fsp3) is 0.500. The maximum absolute atomic E-state index is 14.0. The molecule has 4 atom stereocenters. The number of nitrogens with zero attached hydrogens (tertiary/aromatic N) is 1. The van der Waals surface area contributed by atoms with Gasteiger partial charge in [0.2, 0.25) is 0 Å². The fourth-order valence-corrected chi connectivity index (χ4v) is 1.96. The number of nitrogens with two attached hydrogens (primary N) is 1. The summed E-state index contributed by atoms with van der Waals surface area (Å²) in [6, 6.07) is 1.59. The van der Waals surface area contributed by atoms with Gasteiger partial charge in [-0.25, -0.2) is 4.39 Å². The van der Waals surface area contributed by atoms with Crippen molar-refractivity contribution in [3.05, 3.63) is 24.0 Å². The van der Waals surface area contributed by atoms with Crippen LogP contribution in [0.1, 0.15) is 25.5 Å². The largest absolute Gasteiger partial charge is 0.397 e. The highest BCUT2D eigenvalue weighted by molar-refractivity contribution is 5.87. The van der Waals surface area contributed by atoms with Gasteiger partial charge in [-0.15, -0.1) is 0 Å². The Morgan fingerprint density at radius 1 is 1.47 bits per heavy atom. The van der Waals surface area contributed by atoms with Gasteiger partial charge in [0.25, 0.3) is 0 Å². The van der Waals surface area contributed by atoms with Crippen LogP contribution in [0.4, 0.5) is 10.1 Å². The Hall–Kier alpha value is -1.49. The minimum Gasteiger partial charge on any atom is -0.397 e. The summed E-state index contributed by atoms with van der Waals surface area (Å²) >= 11 is 0. The van der Waals surface area contributed by atoms with E-state index in [9.17, 15) is 9.18 Å². The number of pyridine rings is 1. The van der Waals surface area contributed by atoms with Crippen molar-refractivity contribution in [2.24, 2.45) is 5.92 Å². The number of nitrogen functional groups attached to an aromatic ring is 1. The lowest BCUT2D eigenvalue weighted by Gasteiger charge is -2.34. The minimum absolute atomic E-state index is 0.313. The molecule has 0 unspecified atom stereocenters. The van der Waals surface area contributed by atoms with Crippen LogP contribution in [0.25, 0.3) is 0 Å². The molecule has 2 rings (SSSR count). The first kappa shape index (κ1) is 12.0. The van der Waals surface area contributed by atoms with E-state index in [-0.39, 0.29) is 6.10 Å². The number of rotatable bonds is 1. The normalized spacial score (nSPS) is 33.7. The summed E-state index contributed by atoms with van der Waals surface area (Å²) in [6.07, 6.45) is 0.0442. The summed E-state index contributed by atoms with van der Waals surface area (Å²) in [5.41, 5.74) is 6.55. The first-order valence-corrected chi connectivity index (χ1v) is 5.55. The van der Waals surface area contributed by atoms with Gasteiger partial charge in [0.1, 0.15) is 6.10 Å². The van der Waals surface area contributed by atoms with Crippen LogP contribution in [-0.2, 0) is 9.53 Å². The summed E-state index contributed by atoms with van der Waals surface area (Å²) in [4.78, 5) is 15.5. The van der Waals surface area contributed by atoms with E-state index >= 15 is 0 Å². The Bertz CT molecular complexity index is 438. The number of alkyl halides is 1. The van der Waals surface area contributed by atoms with Crippen molar-refractivity contribution in [3.8, 4) is 0 Å². The van der Waals surface area contributed by atoms with Crippen molar-refractivity contribution in [2.45, 2.75) is 32.2 Å². The molecule has 17 heavy (non-hydrogen) atoms. The monoisotopic (exact) mass is 238 g/mol. The number of anilines is 1. The highest BCUT2D eigenvalue weighted by atomic mass is 19.1. The molecule has 0 bridgehead atoms. The van der Waals surface area contributed by atoms with Crippen molar-refractivity contribution in [2.75, 3.05) is 5.73 Å². The first-order valence-electron chi connectivity index (χ1n) is 5.55. The number of carbonyl (C=O) groups excluding carboxylic acids is 1. The molecule has 0 spiro atoms. The highest BCUT2D eigenvalue weighted by Gasteiger charge is 2.42. The predicted octanol–water partition coefficient (Wildman–Crippen LogP) is 1.67. The predicted molar refractivity (Wildman–Crippen MR) is 61.0 cm³/mol. The van der Waals surface area contributed by atoms with Crippen LogP contribution in [0.15, 0.2) is 18.5 Å². The number of hydrogen-bond acceptors (Lipinski definition) is 4. The molecule has 1 fully saturated rings. The van der Waals surface area contributed by atoms with E-state index in [1.165, 1.54) is 12.4 Å². The molecule has 2 N–H and O–H groups in total. The van der Waals surface area contributed by atoms with Crippen LogP contribution < -0.4 is 5.73 Å². The lowest BCUT2D eigenvalue weighted by molar-refractivity contribution is -0.157. The average molecular weight is 238 g/mol. The first-order chi connectivity index (χ1) is 8.02. The molecule has 0 aliphatic carbocycles. The Morgan fingerprint density at radius 3 is 2.82 bits per heavy atom. The van der Waals surface area contributed by atoms with Crippen molar-refractivity contribution in [3.63, 3.8) is 0 Å². The Balaban J connectivity index is 2.33. The lowest BCUT2D eigenvalue weighted by atomic mass is 9.88. The SMILES string of the molecule is C[C@@H]1C(=O)[C@@H](F)[C@H](c2ccncc2N)O[C@@H]1C. The third-order valence-electron chi connectivity index (χ3n) is 3.25. The van der Waals surface area contributed by atoms with Crippen molar-refractivity contribution >= 4 is 11.5 Å². The van der Waals surface area contributed by atoms with Gasteiger partial charge in [-0.1, -0.05) is 6.92 Å². The summed E-state index contributed by atoms with van der Waals surface area (Å²) in [7, 11) is 0. The molecule has 4 nitrogen and oxygen atoms in total. The van der Waals surface area contributed by atoms with Gasteiger partial charge in [-0.3, -0.25) is 9.78 Å². The molecule has 0 amide bonds. The molecule has 0 saturated carbocycles.